The Labute approximate surface area is 165 Å². The first-order valence-corrected chi connectivity index (χ1v) is 9.09. The van der Waals surface area contributed by atoms with Crippen LogP contribution in [0.3, 0.4) is 0 Å². The topological polar surface area (TPSA) is 59.8 Å². The summed E-state index contributed by atoms with van der Waals surface area (Å²) in [4.78, 5) is 16.7. The van der Waals surface area contributed by atoms with Gasteiger partial charge in [-0.25, -0.2) is 9.67 Å². The average Bonchev–Trinajstić information content (AvgIpc) is 3.07. The number of nitrogens with zero attached hydrogens (tertiary/aromatic N) is 3. The monoisotopic (exact) mass is 408 g/mol. The van der Waals surface area contributed by atoms with E-state index in [1.54, 1.807) is 35.0 Å². The van der Waals surface area contributed by atoms with Crippen LogP contribution in [0.25, 0.3) is 17.1 Å². The molecule has 0 bridgehead atoms. The molecule has 0 unspecified atom stereocenters. The molecular weight excluding hydrogens is 395 g/mol. The molecule has 0 radical (unpaired) electrons. The largest absolute Gasteiger partial charge is 0.349 e. The minimum absolute atomic E-state index is 0.0690. The van der Waals surface area contributed by atoms with E-state index in [9.17, 15) is 4.79 Å². The van der Waals surface area contributed by atoms with Crippen LogP contribution in [-0.2, 0) is 0 Å². The Morgan fingerprint density at radius 3 is 2.62 bits per heavy atom. The summed E-state index contributed by atoms with van der Waals surface area (Å²) >= 11 is 18.2. The van der Waals surface area contributed by atoms with Crippen molar-refractivity contribution in [2.24, 2.45) is 0 Å². The second-order valence-corrected chi connectivity index (χ2v) is 6.79. The lowest BCUT2D eigenvalue weighted by molar-refractivity contribution is 0.0943. The molecule has 8 heteroatoms. The van der Waals surface area contributed by atoms with E-state index >= 15 is 0 Å². The molecule has 0 saturated heterocycles. The maximum absolute atomic E-state index is 12.3. The fourth-order valence-corrected chi connectivity index (χ4v) is 2.82. The molecule has 0 atom stereocenters. The molecular formula is C18H15Cl3N4O. The number of carbonyl (C=O) groups is 1. The summed E-state index contributed by atoms with van der Waals surface area (Å²) in [5.41, 5.74) is 1.36. The van der Waals surface area contributed by atoms with Crippen molar-refractivity contribution in [2.75, 3.05) is 6.54 Å². The fourth-order valence-electron chi connectivity index (χ4n) is 2.34. The third kappa shape index (κ3) is 4.01. The van der Waals surface area contributed by atoms with E-state index in [4.69, 9.17) is 34.8 Å². The van der Waals surface area contributed by atoms with Gasteiger partial charge in [0.05, 0.1) is 15.7 Å². The van der Waals surface area contributed by atoms with Crippen LogP contribution in [0.1, 0.15) is 24.0 Å². The van der Waals surface area contributed by atoms with Crippen molar-refractivity contribution in [2.45, 2.75) is 13.3 Å². The quantitative estimate of drug-likeness (QED) is 0.642. The molecule has 1 aromatic heterocycles. The molecule has 26 heavy (non-hydrogen) atoms. The summed E-state index contributed by atoms with van der Waals surface area (Å²) in [6, 6.07) is 12.3. The van der Waals surface area contributed by atoms with Crippen molar-refractivity contribution < 1.29 is 4.79 Å². The Balaban J connectivity index is 2.12. The van der Waals surface area contributed by atoms with Gasteiger partial charge in [-0.2, -0.15) is 0 Å². The van der Waals surface area contributed by atoms with Gasteiger partial charge in [-0.3, -0.25) is 4.79 Å². The van der Waals surface area contributed by atoms with Crippen molar-refractivity contribution in [1.82, 2.24) is 20.1 Å². The maximum atomic E-state index is 12.3. The molecule has 0 saturated carbocycles. The average molecular weight is 410 g/mol. The normalized spacial score (nSPS) is 10.8. The summed E-state index contributed by atoms with van der Waals surface area (Å²) in [5, 5.41) is 8.51. The molecule has 134 valence electrons. The summed E-state index contributed by atoms with van der Waals surface area (Å²) in [6.07, 6.45) is 0.820. The molecule has 3 rings (SSSR count). The molecule has 5 nitrogen and oxygen atoms in total. The van der Waals surface area contributed by atoms with Gasteiger partial charge in [0, 0.05) is 17.1 Å². The zero-order valence-corrected chi connectivity index (χ0v) is 16.1. The summed E-state index contributed by atoms with van der Waals surface area (Å²) < 4.78 is 1.55. The van der Waals surface area contributed by atoms with Crippen molar-refractivity contribution in [3.63, 3.8) is 0 Å². The predicted molar refractivity (Wildman–Crippen MR) is 104 cm³/mol. The minimum Gasteiger partial charge on any atom is -0.349 e. The van der Waals surface area contributed by atoms with Crippen molar-refractivity contribution in [3.8, 4) is 17.1 Å². The molecule has 1 heterocycles. The number of nitrogens with one attached hydrogen (secondary N) is 1. The Morgan fingerprint density at radius 2 is 1.92 bits per heavy atom. The summed E-state index contributed by atoms with van der Waals surface area (Å²) in [6.45, 7) is 2.52. The Kier molecular flexibility index (Phi) is 5.81. The van der Waals surface area contributed by atoms with Crippen molar-refractivity contribution in [3.05, 3.63) is 63.4 Å². The van der Waals surface area contributed by atoms with Crippen LogP contribution < -0.4 is 5.32 Å². The number of rotatable bonds is 5. The fraction of sp³-hybridized carbons (Fsp3) is 0.167. The molecule has 3 aromatic rings. The van der Waals surface area contributed by atoms with Gasteiger partial charge >= 0.3 is 0 Å². The lowest BCUT2D eigenvalue weighted by Gasteiger charge is -2.07. The zero-order chi connectivity index (χ0) is 18.7. The highest BCUT2D eigenvalue weighted by atomic mass is 35.5. The van der Waals surface area contributed by atoms with E-state index in [-0.39, 0.29) is 11.7 Å². The molecule has 0 aliphatic carbocycles. The lowest BCUT2D eigenvalue weighted by Crippen LogP contribution is -2.25. The Morgan fingerprint density at radius 1 is 1.12 bits per heavy atom. The number of hydrogen-bond donors (Lipinski definition) is 1. The van der Waals surface area contributed by atoms with E-state index in [2.05, 4.69) is 15.4 Å². The van der Waals surface area contributed by atoms with Crippen LogP contribution in [0.2, 0.25) is 15.1 Å². The van der Waals surface area contributed by atoms with E-state index in [1.807, 2.05) is 19.1 Å². The summed E-state index contributed by atoms with van der Waals surface area (Å²) in [5.74, 6) is 0.209. The Bertz CT molecular complexity index is 955. The first-order chi connectivity index (χ1) is 12.5. The maximum Gasteiger partial charge on any atom is 0.290 e. The predicted octanol–water partition coefficient (Wildman–Crippen LogP) is 5.03. The number of benzene rings is 2. The van der Waals surface area contributed by atoms with Crippen LogP contribution in [0.5, 0.6) is 0 Å². The van der Waals surface area contributed by atoms with Crippen LogP contribution in [-0.4, -0.2) is 27.2 Å². The van der Waals surface area contributed by atoms with Crippen LogP contribution in [0.15, 0.2) is 42.5 Å². The first-order valence-electron chi connectivity index (χ1n) is 7.96. The van der Waals surface area contributed by atoms with Gasteiger partial charge in [-0.15, -0.1) is 5.10 Å². The standard InChI is InChI=1S/C18H15Cl3N4O/c1-2-8-22-18(26)16-23-17(11-4-3-5-12(19)9-11)25(24-16)13-6-7-14(20)15(21)10-13/h3-7,9-10H,2,8H2,1H3,(H,22,26). The third-order valence-corrected chi connectivity index (χ3v) is 4.55. The van der Waals surface area contributed by atoms with Crippen LogP contribution in [0, 0.1) is 0 Å². The molecule has 0 aliphatic heterocycles. The van der Waals surface area contributed by atoms with Crippen LogP contribution >= 0.6 is 34.8 Å². The molecule has 0 aliphatic rings. The zero-order valence-electron chi connectivity index (χ0n) is 13.8. The van der Waals surface area contributed by atoms with Gasteiger partial charge in [0.25, 0.3) is 5.91 Å². The second-order valence-electron chi connectivity index (χ2n) is 5.54. The van der Waals surface area contributed by atoms with E-state index in [1.165, 1.54) is 0 Å². The van der Waals surface area contributed by atoms with Gasteiger partial charge in [0.2, 0.25) is 5.82 Å². The number of carbonyl (C=O) groups excluding carboxylic acids is 1. The summed E-state index contributed by atoms with van der Waals surface area (Å²) in [7, 11) is 0. The van der Waals surface area contributed by atoms with Gasteiger partial charge in [0.15, 0.2) is 5.82 Å². The lowest BCUT2D eigenvalue weighted by atomic mass is 10.2. The minimum atomic E-state index is -0.339. The molecule has 0 fully saturated rings. The number of hydrogen-bond acceptors (Lipinski definition) is 3. The van der Waals surface area contributed by atoms with Gasteiger partial charge in [-0.1, -0.05) is 53.9 Å². The van der Waals surface area contributed by atoms with Crippen molar-refractivity contribution in [1.29, 1.82) is 0 Å². The highest BCUT2D eigenvalue weighted by Crippen LogP contribution is 2.28. The number of amides is 1. The highest BCUT2D eigenvalue weighted by molar-refractivity contribution is 6.42. The van der Waals surface area contributed by atoms with Gasteiger partial charge in [0.1, 0.15) is 0 Å². The molecule has 1 N–H and O–H groups in total. The van der Waals surface area contributed by atoms with E-state index in [0.717, 1.165) is 12.0 Å². The molecule has 0 spiro atoms. The number of halogens is 3. The van der Waals surface area contributed by atoms with E-state index < -0.39 is 0 Å². The number of aromatic nitrogens is 3. The van der Waals surface area contributed by atoms with Gasteiger partial charge < -0.3 is 5.32 Å². The molecule has 1 amide bonds. The first kappa shape index (κ1) is 18.7. The third-order valence-electron chi connectivity index (χ3n) is 3.58. The molecule has 2 aromatic carbocycles. The smallest absolute Gasteiger partial charge is 0.290 e. The highest BCUT2D eigenvalue weighted by Gasteiger charge is 2.19. The SMILES string of the molecule is CCCNC(=O)c1nc(-c2cccc(Cl)c2)n(-c2ccc(Cl)c(Cl)c2)n1. The second kappa shape index (κ2) is 8.08. The van der Waals surface area contributed by atoms with Crippen LogP contribution in [0.4, 0.5) is 0 Å². The Hall–Kier alpha value is -2.08. The van der Waals surface area contributed by atoms with E-state index in [0.29, 0.717) is 33.1 Å². The van der Waals surface area contributed by atoms with Gasteiger partial charge in [-0.05, 0) is 36.8 Å². The van der Waals surface area contributed by atoms with Crippen molar-refractivity contribution >= 4 is 40.7 Å².